The number of hydrogen-bond donors (Lipinski definition) is 1. The minimum Gasteiger partial charge on any atom is -0.481 e. The molecule has 0 aliphatic heterocycles. The highest BCUT2D eigenvalue weighted by Crippen LogP contribution is 2.33. The number of carbonyl (C=O) groups is 1. The Kier molecular flexibility index (Phi) is 2.49. The van der Waals surface area contributed by atoms with E-state index in [1.165, 1.54) is 0 Å². The van der Waals surface area contributed by atoms with Crippen LogP contribution >= 0.6 is 0 Å². The van der Waals surface area contributed by atoms with Crippen molar-refractivity contribution in [3.05, 3.63) is 35.5 Å². The minimum absolute atomic E-state index is 0.798. The third kappa shape index (κ3) is 1.62. The van der Waals surface area contributed by atoms with Gasteiger partial charge in [-0.15, -0.1) is 0 Å². The highest BCUT2D eigenvalue weighted by atomic mass is 16.4. The lowest BCUT2D eigenvalue weighted by atomic mass is 9.84. The Morgan fingerprint density at radius 1 is 1.35 bits per heavy atom. The summed E-state index contributed by atoms with van der Waals surface area (Å²) in [7, 11) is 1.95. The molecule has 0 spiro atoms. The summed E-state index contributed by atoms with van der Waals surface area (Å²) in [6.45, 7) is 5.51. The number of aromatic nitrogens is 1. The van der Waals surface area contributed by atoms with Crippen molar-refractivity contribution >= 4 is 16.9 Å². The summed E-state index contributed by atoms with van der Waals surface area (Å²) in [5.41, 5.74) is 2.20. The Bertz CT molecular complexity index is 594. The van der Waals surface area contributed by atoms with Crippen LogP contribution in [-0.4, -0.2) is 15.6 Å². The number of aliphatic carboxylic acids is 1. The van der Waals surface area contributed by atoms with Gasteiger partial charge in [-0.2, -0.15) is 0 Å². The summed E-state index contributed by atoms with van der Waals surface area (Å²) >= 11 is 0. The predicted octanol–water partition coefficient (Wildman–Crippen LogP) is 2.85. The molecule has 3 heteroatoms. The molecule has 1 aromatic carbocycles. The molecule has 0 aliphatic rings. The van der Waals surface area contributed by atoms with Crippen LogP contribution in [0.5, 0.6) is 0 Å². The van der Waals surface area contributed by atoms with Gasteiger partial charge < -0.3 is 9.67 Å². The van der Waals surface area contributed by atoms with Crippen LogP contribution in [0.25, 0.3) is 10.9 Å². The molecule has 0 fully saturated rings. The van der Waals surface area contributed by atoms with Crippen LogP contribution in [-0.2, 0) is 17.3 Å². The normalized spacial score (nSPS) is 12.0. The van der Waals surface area contributed by atoms with Gasteiger partial charge >= 0.3 is 5.97 Å². The lowest BCUT2D eigenvalue weighted by Gasteiger charge is -2.19. The van der Waals surface area contributed by atoms with E-state index in [1.807, 2.05) is 42.9 Å². The molecule has 1 N–H and O–H groups in total. The van der Waals surface area contributed by atoms with Crippen LogP contribution in [0, 0.1) is 6.92 Å². The number of hydrogen-bond acceptors (Lipinski definition) is 1. The zero-order chi connectivity index (χ0) is 12.8. The molecule has 17 heavy (non-hydrogen) atoms. The fraction of sp³-hybridized carbons (Fsp3) is 0.357. The first-order valence-corrected chi connectivity index (χ1v) is 5.64. The number of benzene rings is 1. The summed E-state index contributed by atoms with van der Waals surface area (Å²) < 4.78 is 1.99. The average molecular weight is 231 g/mol. The third-order valence-electron chi connectivity index (χ3n) is 3.43. The van der Waals surface area contributed by atoms with Crippen LogP contribution in [0.15, 0.2) is 24.4 Å². The van der Waals surface area contributed by atoms with Gasteiger partial charge in [0.1, 0.15) is 0 Å². The first-order valence-electron chi connectivity index (χ1n) is 5.64. The van der Waals surface area contributed by atoms with Crippen molar-refractivity contribution < 1.29 is 9.90 Å². The minimum atomic E-state index is -0.869. The Labute approximate surface area is 101 Å². The second-order valence-corrected chi connectivity index (χ2v) is 5.05. The van der Waals surface area contributed by atoms with E-state index in [4.69, 9.17) is 0 Å². The van der Waals surface area contributed by atoms with Crippen LogP contribution in [0.1, 0.15) is 25.0 Å². The molecular weight excluding hydrogens is 214 g/mol. The van der Waals surface area contributed by atoms with Gasteiger partial charge in [0.25, 0.3) is 0 Å². The predicted molar refractivity (Wildman–Crippen MR) is 68.3 cm³/mol. The lowest BCUT2D eigenvalue weighted by Crippen LogP contribution is -2.28. The van der Waals surface area contributed by atoms with Crippen molar-refractivity contribution in [1.82, 2.24) is 4.57 Å². The van der Waals surface area contributed by atoms with E-state index in [0.717, 1.165) is 22.0 Å². The molecule has 2 rings (SSSR count). The van der Waals surface area contributed by atoms with E-state index < -0.39 is 11.4 Å². The number of carboxylic acid groups (broad SMARTS) is 1. The van der Waals surface area contributed by atoms with Crippen LogP contribution < -0.4 is 0 Å². The van der Waals surface area contributed by atoms with Crippen LogP contribution in [0.4, 0.5) is 0 Å². The molecular formula is C14H17NO2. The molecule has 0 aliphatic carbocycles. The van der Waals surface area contributed by atoms with E-state index in [-0.39, 0.29) is 0 Å². The van der Waals surface area contributed by atoms with Crippen molar-refractivity contribution in [3.63, 3.8) is 0 Å². The number of fused-ring (bicyclic) bond motifs is 1. The van der Waals surface area contributed by atoms with Gasteiger partial charge in [0.2, 0.25) is 0 Å². The highest BCUT2D eigenvalue weighted by Gasteiger charge is 2.32. The molecule has 90 valence electrons. The molecule has 0 radical (unpaired) electrons. The topological polar surface area (TPSA) is 42.2 Å². The summed E-state index contributed by atoms with van der Waals surface area (Å²) in [6, 6.07) is 6.03. The maximum atomic E-state index is 11.4. The number of carboxylic acids is 1. The maximum Gasteiger partial charge on any atom is 0.313 e. The fourth-order valence-corrected chi connectivity index (χ4v) is 2.21. The molecule has 0 atom stereocenters. The van der Waals surface area contributed by atoms with E-state index in [2.05, 4.69) is 0 Å². The van der Waals surface area contributed by atoms with Gasteiger partial charge in [-0.25, -0.2) is 0 Å². The third-order valence-corrected chi connectivity index (χ3v) is 3.43. The van der Waals surface area contributed by atoms with Crippen molar-refractivity contribution in [1.29, 1.82) is 0 Å². The summed E-state index contributed by atoms with van der Waals surface area (Å²) in [6.07, 6.45) is 1.92. The quantitative estimate of drug-likeness (QED) is 0.863. The SMILES string of the molecule is Cc1cccc2c1c(C(C)(C)C(=O)O)cn2C. The van der Waals surface area contributed by atoms with E-state index in [9.17, 15) is 9.90 Å². The first kappa shape index (κ1) is 11.7. The summed E-state index contributed by atoms with van der Waals surface area (Å²) in [4.78, 5) is 11.4. The monoisotopic (exact) mass is 231 g/mol. The van der Waals surface area contributed by atoms with Crippen LogP contribution in [0.3, 0.4) is 0 Å². The molecule has 2 aromatic rings. The van der Waals surface area contributed by atoms with Crippen molar-refractivity contribution in [2.24, 2.45) is 7.05 Å². The second-order valence-electron chi connectivity index (χ2n) is 5.05. The number of nitrogens with zero attached hydrogens (tertiary/aromatic N) is 1. The second kappa shape index (κ2) is 3.62. The molecule has 0 amide bonds. The highest BCUT2D eigenvalue weighted by molar-refractivity contribution is 5.93. The molecule has 0 saturated carbocycles. The smallest absolute Gasteiger partial charge is 0.313 e. The zero-order valence-corrected chi connectivity index (χ0v) is 10.6. The first-order chi connectivity index (χ1) is 7.85. The van der Waals surface area contributed by atoms with Gasteiger partial charge in [-0.1, -0.05) is 12.1 Å². The molecule has 3 nitrogen and oxygen atoms in total. The fourth-order valence-electron chi connectivity index (χ4n) is 2.21. The van der Waals surface area contributed by atoms with Gasteiger partial charge in [-0.05, 0) is 38.0 Å². The van der Waals surface area contributed by atoms with Gasteiger partial charge in [0, 0.05) is 24.1 Å². The Balaban J connectivity index is 2.84. The van der Waals surface area contributed by atoms with E-state index in [1.54, 1.807) is 13.8 Å². The standard InChI is InChI=1S/C14H17NO2/c1-9-6-5-7-11-12(9)10(8-15(11)4)14(2,3)13(16)17/h5-8H,1-4H3,(H,16,17). The Morgan fingerprint density at radius 3 is 2.59 bits per heavy atom. The Morgan fingerprint density at radius 2 is 2.00 bits per heavy atom. The van der Waals surface area contributed by atoms with Crippen molar-refractivity contribution in [3.8, 4) is 0 Å². The summed E-state index contributed by atoms with van der Waals surface area (Å²) in [5, 5.41) is 10.4. The van der Waals surface area contributed by atoms with Crippen molar-refractivity contribution in [2.75, 3.05) is 0 Å². The summed E-state index contributed by atoms with van der Waals surface area (Å²) in [5.74, 6) is -0.798. The maximum absolute atomic E-state index is 11.4. The zero-order valence-electron chi connectivity index (χ0n) is 10.6. The van der Waals surface area contributed by atoms with Gasteiger partial charge in [-0.3, -0.25) is 4.79 Å². The average Bonchev–Trinajstić information content (AvgIpc) is 2.58. The Hall–Kier alpha value is -1.77. The molecule has 0 bridgehead atoms. The number of aryl methyl sites for hydroxylation is 2. The number of rotatable bonds is 2. The van der Waals surface area contributed by atoms with Crippen molar-refractivity contribution in [2.45, 2.75) is 26.2 Å². The molecule has 0 saturated heterocycles. The lowest BCUT2D eigenvalue weighted by molar-refractivity contribution is -0.142. The largest absolute Gasteiger partial charge is 0.481 e. The molecule has 1 heterocycles. The van der Waals surface area contributed by atoms with E-state index >= 15 is 0 Å². The van der Waals surface area contributed by atoms with Gasteiger partial charge in [0.05, 0.1) is 5.41 Å². The van der Waals surface area contributed by atoms with E-state index in [0.29, 0.717) is 0 Å². The molecule has 0 unspecified atom stereocenters. The molecule has 1 aromatic heterocycles. The van der Waals surface area contributed by atoms with Gasteiger partial charge in [0.15, 0.2) is 0 Å². The van der Waals surface area contributed by atoms with Crippen LogP contribution in [0.2, 0.25) is 0 Å².